The zero-order valence-corrected chi connectivity index (χ0v) is 12.3. The van der Waals surface area contributed by atoms with Crippen LogP contribution in [-0.4, -0.2) is 10.8 Å². The number of rotatable bonds is 2. The summed E-state index contributed by atoms with van der Waals surface area (Å²) in [6.07, 6.45) is 0. The Bertz CT molecular complexity index is 507. The molecule has 0 heterocycles. The number of carbonyl (C=O) groups is 1. The minimum Gasteiger partial charge on any atom is -0.324 e. The van der Waals surface area contributed by atoms with Crippen molar-refractivity contribution < 1.29 is 9.72 Å². The monoisotopic (exact) mass is 314 g/mol. The third-order valence-corrected chi connectivity index (χ3v) is 3.07. The maximum atomic E-state index is 11.9. The van der Waals surface area contributed by atoms with Gasteiger partial charge in [-0.05, 0) is 28.9 Å². The van der Waals surface area contributed by atoms with Crippen LogP contribution in [0, 0.1) is 22.5 Å². The normalized spacial score (nSPS) is 11.2. The minimum atomic E-state index is -0.556. The molecule has 1 amide bonds. The lowest BCUT2D eigenvalue weighted by atomic mass is 9.95. The van der Waals surface area contributed by atoms with Gasteiger partial charge in [0.15, 0.2) is 0 Å². The molecule has 0 radical (unpaired) electrons. The van der Waals surface area contributed by atoms with Gasteiger partial charge in [-0.3, -0.25) is 14.9 Å². The van der Waals surface area contributed by atoms with Gasteiger partial charge in [0.05, 0.1) is 10.6 Å². The van der Waals surface area contributed by atoms with Gasteiger partial charge in [-0.25, -0.2) is 0 Å². The van der Waals surface area contributed by atoms with E-state index >= 15 is 0 Å². The molecule has 98 valence electrons. The summed E-state index contributed by atoms with van der Waals surface area (Å²) in [5.74, 6) is -0.193. The Morgan fingerprint density at radius 3 is 2.39 bits per heavy atom. The van der Waals surface area contributed by atoms with Gasteiger partial charge in [0, 0.05) is 21.5 Å². The molecule has 0 fully saturated rings. The van der Waals surface area contributed by atoms with Crippen molar-refractivity contribution in [2.75, 3.05) is 5.32 Å². The topological polar surface area (TPSA) is 72.2 Å². The van der Waals surface area contributed by atoms with E-state index in [9.17, 15) is 14.9 Å². The summed E-state index contributed by atoms with van der Waals surface area (Å²) in [6, 6.07) is 2.99. The van der Waals surface area contributed by atoms with E-state index in [1.165, 1.54) is 6.07 Å². The Hall–Kier alpha value is -1.43. The van der Waals surface area contributed by atoms with E-state index in [0.717, 1.165) is 0 Å². The first-order valence-corrected chi connectivity index (χ1v) is 6.18. The molecule has 6 heteroatoms. The highest BCUT2D eigenvalue weighted by Crippen LogP contribution is 2.31. The number of nitro groups is 1. The van der Waals surface area contributed by atoms with E-state index in [0.29, 0.717) is 15.7 Å². The van der Waals surface area contributed by atoms with E-state index in [1.54, 1.807) is 33.8 Å². The second-order valence-electron chi connectivity index (χ2n) is 5.08. The van der Waals surface area contributed by atoms with Crippen LogP contribution in [0.3, 0.4) is 0 Å². The lowest BCUT2D eigenvalue weighted by molar-refractivity contribution is -0.385. The number of nitro benzene ring substituents is 1. The van der Waals surface area contributed by atoms with Gasteiger partial charge in [-0.1, -0.05) is 20.8 Å². The fourth-order valence-corrected chi connectivity index (χ4v) is 1.82. The number of hydrogen-bond donors (Lipinski definition) is 1. The molecule has 0 aliphatic rings. The highest BCUT2D eigenvalue weighted by Gasteiger charge is 2.23. The lowest BCUT2D eigenvalue weighted by Gasteiger charge is -2.18. The molecule has 0 aliphatic carbocycles. The van der Waals surface area contributed by atoms with Crippen LogP contribution in [0.2, 0.25) is 0 Å². The molecule has 0 saturated heterocycles. The minimum absolute atomic E-state index is 0.0117. The van der Waals surface area contributed by atoms with Crippen molar-refractivity contribution in [3.8, 4) is 0 Å². The molecule has 0 aliphatic heterocycles. The number of anilines is 1. The predicted molar refractivity (Wildman–Crippen MR) is 73.6 cm³/mol. The number of benzene rings is 1. The van der Waals surface area contributed by atoms with Crippen LogP contribution >= 0.6 is 15.9 Å². The largest absolute Gasteiger partial charge is 0.324 e. The van der Waals surface area contributed by atoms with Crippen LogP contribution in [-0.2, 0) is 4.79 Å². The molecule has 0 bridgehead atoms. The van der Waals surface area contributed by atoms with E-state index in [2.05, 4.69) is 21.2 Å². The first kappa shape index (κ1) is 14.6. The number of amides is 1. The van der Waals surface area contributed by atoms with Crippen molar-refractivity contribution >= 4 is 33.2 Å². The smallest absolute Gasteiger partial charge is 0.274 e. The lowest BCUT2D eigenvalue weighted by Crippen LogP contribution is -2.27. The Kier molecular flexibility index (Phi) is 4.11. The molecule has 0 atom stereocenters. The van der Waals surface area contributed by atoms with Crippen LogP contribution < -0.4 is 5.32 Å². The second kappa shape index (κ2) is 5.06. The molecular weight excluding hydrogens is 300 g/mol. The summed E-state index contributed by atoms with van der Waals surface area (Å²) in [7, 11) is 0. The van der Waals surface area contributed by atoms with Gasteiger partial charge in [-0.2, -0.15) is 0 Å². The summed E-state index contributed by atoms with van der Waals surface area (Å²) < 4.78 is 0.628. The zero-order chi connectivity index (χ0) is 14.1. The molecule has 1 aromatic rings. The number of nitrogens with one attached hydrogen (secondary N) is 1. The number of hydrogen-bond acceptors (Lipinski definition) is 3. The molecule has 1 N–H and O–H groups in total. The number of nitrogens with zero attached hydrogens (tertiary/aromatic N) is 1. The SMILES string of the molecule is Cc1cc(Br)c(NC(=O)C(C)(C)C)cc1[N+](=O)[O-]. The van der Waals surface area contributed by atoms with E-state index in [1.807, 2.05) is 0 Å². The van der Waals surface area contributed by atoms with Crippen molar-refractivity contribution in [1.82, 2.24) is 0 Å². The molecule has 0 spiro atoms. The summed E-state index contributed by atoms with van der Waals surface area (Å²) in [4.78, 5) is 22.2. The van der Waals surface area contributed by atoms with Crippen molar-refractivity contribution in [1.29, 1.82) is 0 Å². The predicted octanol–water partition coefficient (Wildman–Crippen LogP) is 3.65. The summed E-state index contributed by atoms with van der Waals surface area (Å²) in [5.41, 5.74) is 0.384. The first-order chi connectivity index (χ1) is 8.12. The standard InChI is InChI=1S/C12H15BrN2O3/c1-7-5-8(13)9(6-10(7)15(17)18)14-11(16)12(2,3)4/h5-6H,1-4H3,(H,14,16). The van der Waals surface area contributed by atoms with Gasteiger partial charge in [0.1, 0.15) is 0 Å². The van der Waals surface area contributed by atoms with Gasteiger partial charge in [0.2, 0.25) is 5.91 Å². The average molecular weight is 315 g/mol. The van der Waals surface area contributed by atoms with Crippen LogP contribution in [0.15, 0.2) is 16.6 Å². The van der Waals surface area contributed by atoms with E-state index in [4.69, 9.17) is 0 Å². The van der Waals surface area contributed by atoms with E-state index in [-0.39, 0.29) is 11.6 Å². The molecule has 1 aromatic carbocycles. The molecule has 18 heavy (non-hydrogen) atoms. The third-order valence-electron chi connectivity index (χ3n) is 2.41. The summed E-state index contributed by atoms with van der Waals surface area (Å²) >= 11 is 3.29. The first-order valence-electron chi connectivity index (χ1n) is 5.39. The number of aryl methyl sites for hydroxylation is 1. The Morgan fingerprint density at radius 2 is 1.94 bits per heavy atom. The van der Waals surface area contributed by atoms with Gasteiger partial charge in [0.25, 0.3) is 5.69 Å². The van der Waals surface area contributed by atoms with Crippen LogP contribution in [0.4, 0.5) is 11.4 Å². The van der Waals surface area contributed by atoms with Crippen LogP contribution in [0.25, 0.3) is 0 Å². The van der Waals surface area contributed by atoms with Crippen molar-refractivity contribution in [3.05, 3.63) is 32.3 Å². The molecule has 0 saturated carbocycles. The maximum Gasteiger partial charge on any atom is 0.274 e. The summed E-state index contributed by atoms with van der Waals surface area (Å²) in [5, 5.41) is 13.5. The number of halogens is 1. The van der Waals surface area contributed by atoms with Crippen molar-refractivity contribution in [2.45, 2.75) is 27.7 Å². The third kappa shape index (κ3) is 3.29. The van der Waals surface area contributed by atoms with Gasteiger partial charge < -0.3 is 5.32 Å². The van der Waals surface area contributed by atoms with Crippen molar-refractivity contribution in [3.63, 3.8) is 0 Å². The average Bonchev–Trinajstić information content (AvgIpc) is 2.19. The molecule has 0 aromatic heterocycles. The quantitative estimate of drug-likeness (QED) is 0.669. The Morgan fingerprint density at radius 1 is 1.39 bits per heavy atom. The summed E-state index contributed by atoms with van der Waals surface area (Å²) in [6.45, 7) is 6.98. The van der Waals surface area contributed by atoms with Gasteiger partial charge >= 0.3 is 0 Å². The fourth-order valence-electron chi connectivity index (χ4n) is 1.26. The zero-order valence-electron chi connectivity index (χ0n) is 10.7. The molecular formula is C12H15BrN2O3. The highest BCUT2D eigenvalue weighted by atomic mass is 79.9. The molecule has 0 unspecified atom stereocenters. The molecule has 1 rings (SSSR count). The molecule has 5 nitrogen and oxygen atoms in total. The maximum absolute atomic E-state index is 11.9. The van der Waals surface area contributed by atoms with Crippen LogP contribution in [0.5, 0.6) is 0 Å². The van der Waals surface area contributed by atoms with Crippen LogP contribution in [0.1, 0.15) is 26.3 Å². The number of carbonyl (C=O) groups excluding carboxylic acids is 1. The Balaban J connectivity index is 3.14. The van der Waals surface area contributed by atoms with E-state index < -0.39 is 10.3 Å². The van der Waals surface area contributed by atoms with Crippen molar-refractivity contribution in [2.24, 2.45) is 5.41 Å². The fraction of sp³-hybridized carbons (Fsp3) is 0.417. The highest BCUT2D eigenvalue weighted by molar-refractivity contribution is 9.10. The van der Waals surface area contributed by atoms with Gasteiger partial charge in [-0.15, -0.1) is 0 Å². The Labute approximate surface area is 114 Å². The second-order valence-corrected chi connectivity index (χ2v) is 5.93.